The lowest BCUT2D eigenvalue weighted by Crippen LogP contribution is -2.40. The zero-order valence-corrected chi connectivity index (χ0v) is 20.7. The van der Waals surface area contributed by atoms with Crippen molar-refractivity contribution in [2.45, 2.75) is 38.5 Å². The molecule has 1 aliphatic rings. The molecule has 1 N–H and O–H groups in total. The molecule has 4 heterocycles. The highest BCUT2D eigenvalue weighted by atomic mass is 19.1. The van der Waals surface area contributed by atoms with Gasteiger partial charge in [0.15, 0.2) is 5.65 Å². The van der Waals surface area contributed by atoms with E-state index in [-0.39, 0.29) is 5.82 Å². The number of aliphatic hydroxyl groups is 1. The molecule has 0 aliphatic carbocycles. The van der Waals surface area contributed by atoms with Gasteiger partial charge in [0.25, 0.3) is 0 Å². The summed E-state index contributed by atoms with van der Waals surface area (Å²) in [5, 5.41) is 24.8. The van der Waals surface area contributed by atoms with Crippen molar-refractivity contribution < 1.29 is 19.0 Å². The van der Waals surface area contributed by atoms with Gasteiger partial charge < -0.3 is 19.1 Å². The summed E-state index contributed by atoms with van der Waals surface area (Å²) >= 11 is 0. The smallest absolute Gasteiger partial charge is 0.183 e. The first-order chi connectivity index (χ1) is 18.0. The zero-order valence-electron chi connectivity index (χ0n) is 20.7. The molecule has 1 aliphatic heterocycles. The van der Waals surface area contributed by atoms with Gasteiger partial charge in [-0.25, -0.2) is 9.37 Å². The van der Waals surface area contributed by atoms with Crippen LogP contribution in [0.15, 0.2) is 49.1 Å². The van der Waals surface area contributed by atoms with E-state index < -0.39 is 5.60 Å². The van der Waals surface area contributed by atoms with E-state index in [1.54, 1.807) is 42.5 Å². The number of methoxy groups -OCH3 is 1. The maximum absolute atomic E-state index is 15.3. The minimum atomic E-state index is -0.859. The van der Waals surface area contributed by atoms with E-state index in [2.05, 4.69) is 20.3 Å². The van der Waals surface area contributed by atoms with Gasteiger partial charge >= 0.3 is 0 Å². The van der Waals surface area contributed by atoms with Crippen molar-refractivity contribution in [3.8, 4) is 28.0 Å². The predicted molar refractivity (Wildman–Crippen MR) is 137 cm³/mol. The number of rotatable bonds is 6. The van der Waals surface area contributed by atoms with E-state index in [1.807, 2.05) is 23.8 Å². The Hall–Kier alpha value is -3.89. The lowest BCUT2D eigenvalue weighted by atomic mass is 9.94. The van der Waals surface area contributed by atoms with Crippen LogP contribution in [-0.4, -0.2) is 60.6 Å². The quantitative estimate of drug-likeness (QED) is 0.371. The Bertz CT molecular complexity index is 1610. The molecule has 10 heteroatoms. The number of hydrogen-bond acceptors (Lipinski definition) is 7. The summed E-state index contributed by atoms with van der Waals surface area (Å²) in [5.74, 6) is 0.134. The van der Waals surface area contributed by atoms with Gasteiger partial charge in [0.1, 0.15) is 17.1 Å². The van der Waals surface area contributed by atoms with Gasteiger partial charge in [0, 0.05) is 66.9 Å². The van der Waals surface area contributed by atoms with E-state index in [0.717, 1.165) is 23.1 Å². The fourth-order valence-corrected chi connectivity index (χ4v) is 4.99. The van der Waals surface area contributed by atoms with Gasteiger partial charge in [-0.15, -0.1) is 5.10 Å². The SMILES string of the molecule is CCn1cnc2c(-c3ccc(F)c(-c4cc5cn(CC6(O)CCOCC6)nc5cc4OC)c3)cnnc21. The Morgan fingerprint density at radius 2 is 1.97 bits per heavy atom. The Labute approximate surface area is 212 Å². The van der Waals surface area contributed by atoms with Crippen LogP contribution in [0.4, 0.5) is 4.39 Å². The Kier molecular flexibility index (Phi) is 5.85. The second-order valence-electron chi connectivity index (χ2n) is 9.43. The van der Waals surface area contributed by atoms with Crippen LogP contribution in [0.5, 0.6) is 5.75 Å². The highest BCUT2D eigenvalue weighted by Crippen LogP contribution is 2.38. The lowest BCUT2D eigenvalue weighted by molar-refractivity contribution is -0.0743. The summed E-state index contributed by atoms with van der Waals surface area (Å²) in [6.07, 6.45) is 6.38. The van der Waals surface area contributed by atoms with E-state index >= 15 is 4.39 Å². The summed E-state index contributed by atoms with van der Waals surface area (Å²) in [6, 6.07) is 8.63. The number of benzene rings is 2. The number of halogens is 1. The first kappa shape index (κ1) is 23.5. The largest absolute Gasteiger partial charge is 0.496 e. The standard InChI is InChI=1S/C27H27FN6O3/c1-3-33-16-29-25-21(13-30-31-26(25)33)17-4-5-22(28)19(10-17)20-11-18-14-34(32-23(18)12-24(20)36-2)15-27(35)6-8-37-9-7-27/h4-5,10-14,16,35H,3,6-9,15H2,1-2H3. The van der Waals surface area contributed by atoms with Crippen molar-refractivity contribution in [1.82, 2.24) is 29.5 Å². The van der Waals surface area contributed by atoms with Crippen LogP contribution in [-0.2, 0) is 17.8 Å². The highest BCUT2D eigenvalue weighted by molar-refractivity contribution is 5.92. The van der Waals surface area contributed by atoms with E-state index in [0.29, 0.717) is 66.2 Å². The summed E-state index contributed by atoms with van der Waals surface area (Å²) in [4.78, 5) is 4.52. The molecule has 5 aromatic rings. The van der Waals surface area contributed by atoms with Crippen LogP contribution in [0.2, 0.25) is 0 Å². The minimum Gasteiger partial charge on any atom is -0.496 e. The number of aromatic nitrogens is 6. The van der Waals surface area contributed by atoms with Gasteiger partial charge in [-0.05, 0) is 30.7 Å². The van der Waals surface area contributed by atoms with Crippen LogP contribution < -0.4 is 4.74 Å². The summed E-state index contributed by atoms with van der Waals surface area (Å²) in [7, 11) is 1.56. The van der Waals surface area contributed by atoms with Crippen molar-refractivity contribution in [3.63, 3.8) is 0 Å². The van der Waals surface area contributed by atoms with E-state index in [1.165, 1.54) is 6.07 Å². The molecule has 0 amide bonds. The average molecular weight is 503 g/mol. The zero-order chi connectivity index (χ0) is 25.6. The third kappa shape index (κ3) is 4.21. The van der Waals surface area contributed by atoms with Gasteiger partial charge in [-0.2, -0.15) is 10.2 Å². The number of fused-ring (bicyclic) bond motifs is 2. The molecule has 9 nitrogen and oxygen atoms in total. The molecule has 0 unspecified atom stereocenters. The van der Waals surface area contributed by atoms with Gasteiger partial charge in [0.05, 0.1) is 37.3 Å². The molecule has 0 atom stereocenters. The molecular weight excluding hydrogens is 475 g/mol. The maximum Gasteiger partial charge on any atom is 0.183 e. The first-order valence-electron chi connectivity index (χ1n) is 12.3. The van der Waals surface area contributed by atoms with Crippen LogP contribution >= 0.6 is 0 Å². The van der Waals surface area contributed by atoms with Crippen molar-refractivity contribution in [1.29, 1.82) is 0 Å². The summed E-state index contributed by atoms with van der Waals surface area (Å²) < 4.78 is 30.0. The van der Waals surface area contributed by atoms with Gasteiger partial charge in [-0.3, -0.25) is 4.68 Å². The van der Waals surface area contributed by atoms with Crippen molar-refractivity contribution in [2.75, 3.05) is 20.3 Å². The van der Waals surface area contributed by atoms with E-state index in [4.69, 9.17) is 9.47 Å². The summed E-state index contributed by atoms with van der Waals surface area (Å²) in [5.41, 5.74) is 3.80. The first-order valence-corrected chi connectivity index (χ1v) is 12.3. The third-order valence-corrected chi connectivity index (χ3v) is 7.07. The van der Waals surface area contributed by atoms with Crippen molar-refractivity contribution >= 4 is 22.1 Å². The minimum absolute atomic E-state index is 0.363. The van der Waals surface area contributed by atoms with Crippen LogP contribution in [0.1, 0.15) is 19.8 Å². The molecule has 0 saturated carbocycles. The molecule has 37 heavy (non-hydrogen) atoms. The molecule has 6 rings (SSSR count). The second kappa shape index (κ2) is 9.20. The summed E-state index contributed by atoms with van der Waals surface area (Å²) in [6.45, 7) is 4.16. The molecular formula is C27H27FN6O3. The molecule has 1 saturated heterocycles. The van der Waals surface area contributed by atoms with Crippen LogP contribution in [0.25, 0.3) is 44.3 Å². The lowest BCUT2D eigenvalue weighted by Gasteiger charge is -2.31. The van der Waals surface area contributed by atoms with Gasteiger partial charge in [-0.1, -0.05) is 6.07 Å². The number of hydrogen-bond donors (Lipinski definition) is 1. The monoisotopic (exact) mass is 502 g/mol. The molecule has 0 bridgehead atoms. The number of imidazole rings is 1. The number of ether oxygens (including phenoxy) is 2. The average Bonchev–Trinajstić information content (AvgIpc) is 3.51. The molecule has 3 aromatic heterocycles. The maximum atomic E-state index is 15.3. The Morgan fingerprint density at radius 1 is 1.14 bits per heavy atom. The molecule has 1 fully saturated rings. The Morgan fingerprint density at radius 3 is 2.76 bits per heavy atom. The van der Waals surface area contributed by atoms with Crippen molar-refractivity contribution in [3.05, 3.63) is 54.9 Å². The second-order valence-corrected chi connectivity index (χ2v) is 9.43. The third-order valence-electron chi connectivity index (χ3n) is 7.07. The number of nitrogens with zero attached hydrogens (tertiary/aromatic N) is 6. The fourth-order valence-electron chi connectivity index (χ4n) is 4.99. The van der Waals surface area contributed by atoms with Crippen molar-refractivity contribution in [2.24, 2.45) is 0 Å². The Balaban J connectivity index is 1.43. The van der Waals surface area contributed by atoms with Crippen LogP contribution in [0, 0.1) is 5.82 Å². The van der Waals surface area contributed by atoms with E-state index in [9.17, 15) is 5.11 Å². The van der Waals surface area contributed by atoms with Gasteiger partial charge in [0.2, 0.25) is 0 Å². The molecule has 2 aromatic carbocycles. The molecule has 0 spiro atoms. The normalized spacial score (nSPS) is 15.5. The number of aryl methyl sites for hydroxylation is 1. The highest BCUT2D eigenvalue weighted by Gasteiger charge is 2.30. The molecule has 190 valence electrons. The fraction of sp³-hybridized carbons (Fsp3) is 0.333. The topological polar surface area (TPSA) is 100 Å². The predicted octanol–water partition coefficient (Wildman–Crippen LogP) is 4.22. The molecule has 0 radical (unpaired) electrons. The van der Waals surface area contributed by atoms with Crippen LogP contribution in [0.3, 0.4) is 0 Å².